The van der Waals surface area contributed by atoms with Crippen molar-refractivity contribution in [2.45, 2.75) is 84.5 Å². The molecule has 0 amide bonds. The number of hydrogen-bond donors (Lipinski definition) is 0. The molecule has 0 aliphatic rings. The smallest absolute Gasteiger partial charge is 0.305 e. The second kappa shape index (κ2) is 13.6. The summed E-state index contributed by atoms with van der Waals surface area (Å²) in [6.45, 7) is 4.46. The van der Waals surface area contributed by atoms with Crippen molar-refractivity contribution in [3.8, 4) is 0 Å². The predicted molar refractivity (Wildman–Crippen MR) is 82.2 cm³/mol. The highest BCUT2D eigenvalue weighted by Gasteiger charge is 1.98. The second-order valence-electron chi connectivity index (χ2n) is 5.39. The lowest BCUT2D eigenvalue weighted by Gasteiger charge is -2.03. The Morgan fingerprint density at radius 3 is 2.21 bits per heavy atom. The van der Waals surface area contributed by atoms with Crippen molar-refractivity contribution in [2.24, 2.45) is 0 Å². The van der Waals surface area contributed by atoms with Gasteiger partial charge < -0.3 is 4.74 Å². The van der Waals surface area contributed by atoms with Crippen molar-refractivity contribution in [1.29, 1.82) is 0 Å². The number of carbonyl (C=O) groups is 1. The highest BCUT2D eigenvalue weighted by Crippen LogP contribution is 2.13. The van der Waals surface area contributed by atoms with E-state index < -0.39 is 0 Å². The van der Waals surface area contributed by atoms with Gasteiger partial charge in [0, 0.05) is 6.42 Å². The maximum atomic E-state index is 10.9. The fourth-order valence-corrected chi connectivity index (χ4v) is 2.16. The van der Waals surface area contributed by atoms with Crippen molar-refractivity contribution in [1.82, 2.24) is 0 Å². The average Bonchev–Trinajstić information content (AvgIpc) is 2.42. The van der Waals surface area contributed by atoms with Crippen molar-refractivity contribution in [3.63, 3.8) is 0 Å². The summed E-state index contributed by atoms with van der Waals surface area (Å²) in [5, 5.41) is 0. The Morgan fingerprint density at radius 2 is 1.58 bits per heavy atom. The fourth-order valence-electron chi connectivity index (χ4n) is 2.16. The summed E-state index contributed by atoms with van der Waals surface area (Å²) in [7, 11) is 1.45. The molecule has 0 aromatic rings. The number of esters is 1. The molecule has 0 fully saturated rings. The van der Waals surface area contributed by atoms with Crippen LogP contribution in [0.4, 0.5) is 0 Å². The van der Waals surface area contributed by atoms with Gasteiger partial charge in [0.05, 0.1) is 7.11 Å². The highest BCUT2D eigenvalue weighted by molar-refractivity contribution is 5.69. The lowest BCUT2D eigenvalue weighted by atomic mass is 10.0. The average molecular weight is 268 g/mol. The largest absolute Gasteiger partial charge is 0.469 e. The van der Waals surface area contributed by atoms with Crippen molar-refractivity contribution in [3.05, 3.63) is 11.6 Å². The normalized spacial score (nSPS) is 11.6. The fraction of sp³-hybridized carbons (Fsp3) is 0.824. The first kappa shape index (κ1) is 18.2. The highest BCUT2D eigenvalue weighted by atomic mass is 16.5. The monoisotopic (exact) mass is 268 g/mol. The van der Waals surface area contributed by atoms with Crippen LogP contribution in [0.25, 0.3) is 0 Å². The van der Waals surface area contributed by atoms with Gasteiger partial charge >= 0.3 is 5.97 Å². The van der Waals surface area contributed by atoms with E-state index in [2.05, 4.69) is 24.7 Å². The number of hydrogen-bond acceptors (Lipinski definition) is 2. The zero-order valence-corrected chi connectivity index (χ0v) is 13.2. The van der Waals surface area contributed by atoms with E-state index in [0.29, 0.717) is 6.42 Å². The van der Waals surface area contributed by atoms with Crippen LogP contribution >= 0.6 is 0 Å². The lowest BCUT2D eigenvalue weighted by Crippen LogP contribution is -1.98. The van der Waals surface area contributed by atoms with Crippen molar-refractivity contribution in [2.75, 3.05) is 7.11 Å². The Morgan fingerprint density at radius 1 is 0.947 bits per heavy atom. The van der Waals surface area contributed by atoms with Crippen LogP contribution in [0, 0.1) is 0 Å². The van der Waals surface area contributed by atoms with Crippen LogP contribution in [0.3, 0.4) is 0 Å². The molecular formula is C17H32O2. The minimum atomic E-state index is -0.0990. The van der Waals surface area contributed by atoms with Crippen LogP contribution in [0.5, 0.6) is 0 Å². The maximum absolute atomic E-state index is 10.9. The van der Waals surface area contributed by atoms with E-state index in [9.17, 15) is 4.79 Å². The van der Waals surface area contributed by atoms with Gasteiger partial charge in [0.1, 0.15) is 0 Å². The molecular weight excluding hydrogens is 236 g/mol. The van der Waals surface area contributed by atoms with Gasteiger partial charge in [-0.05, 0) is 32.6 Å². The first-order chi connectivity index (χ1) is 9.20. The van der Waals surface area contributed by atoms with E-state index in [1.165, 1.54) is 64.0 Å². The third-order valence-corrected chi connectivity index (χ3v) is 3.48. The molecule has 0 atom stereocenters. The van der Waals surface area contributed by atoms with Crippen LogP contribution in [-0.4, -0.2) is 13.1 Å². The summed E-state index contributed by atoms with van der Waals surface area (Å²) in [4.78, 5) is 10.9. The molecule has 0 unspecified atom stereocenters. The summed E-state index contributed by atoms with van der Waals surface area (Å²) in [6.07, 6.45) is 15.5. The first-order valence-corrected chi connectivity index (χ1v) is 7.93. The van der Waals surface area contributed by atoms with Gasteiger partial charge in [0.25, 0.3) is 0 Å². The van der Waals surface area contributed by atoms with Gasteiger partial charge in [-0.15, -0.1) is 0 Å². The van der Waals surface area contributed by atoms with Gasteiger partial charge in [0.15, 0.2) is 0 Å². The number of carbonyl (C=O) groups excluding carboxylic acids is 1. The zero-order valence-electron chi connectivity index (χ0n) is 13.2. The molecule has 19 heavy (non-hydrogen) atoms. The Hall–Kier alpha value is -0.790. The van der Waals surface area contributed by atoms with E-state index in [1.807, 2.05) is 0 Å². The van der Waals surface area contributed by atoms with E-state index in [0.717, 1.165) is 12.8 Å². The number of rotatable bonds is 12. The van der Waals surface area contributed by atoms with Crippen LogP contribution in [0.15, 0.2) is 11.6 Å². The maximum Gasteiger partial charge on any atom is 0.305 e. The summed E-state index contributed by atoms with van der Waals surface area (Å²) >= 11 is 0. The van der Waals surface area contributed by atoms with E-state index in [4.69, 9.17) is 0 Å². The molecule has 112 valence electrons. The van der Waals surface area contributed by atoms with Gasteiger partial charge in [0.2, 0.25) is 0 Å². The van der Waals surface area contributed by atoms with Gasteiger partial charge in [-0.25, -0.2) is 0 Å². The second-order valence-corrected chi connectivity index (χ2v) is 5.39. The summed E-state index contributed by atoms with van der Waals surface area (Å²) < 4.78 is 4.62. The van der Waals surface area contributed by atoms with Crippen molar-refractivity contribution < 1.29 is 9.53 Å². The predicted octanol–water partition coefficient (Wildman–Crippen LogP) is 5.42. The summed E-state index contributed by atoms with van der Waals surface area (Å²) in [5.41, 5.74) is 1.47. The topological polar surface area (TPSA) is 26.3 Å². The number of ether oxygens (including phenoxy) is 1. The Labute approximate surface area is 119 Å². The van der Waals surface area contributed by atoms with E-state index in [1.54, 1.807) is 0 Å². The van der Waals surface area contributed by atoms with Crippen LogP contribution in [0.2, 0.25) is 0 Å². The Balaban J connectivity index is 3.37. The van der Waals surface area contributed by atoms with Gasteiger partial charge in [-0.2, -0.15) is 0 Å². The molecule has 0 saturated heterocycles. The molecule has 0 aliphatic heterocycles. The van der Waals surface area contributed by atoms with E-state index in [-0.39, 0.29) is 5.97 Å². The minimum absolute atomic E-state index is 0.0990. The Bertz CT molecular complexity index is 244. The van der Waals surface area contributed by atoms with Crippen LogP contribution < -0.4 is 0 Å². The number of allylic oxidation sites excluding steroid dienone is 2. The molecule has 0 aromatic carbocycles. The third-order valence-electron chi connectivity index (χ3n) is 3.48. The SMILES string of the molecule is CCCCCCCCC/C(C)=C\CCCC(=O)OC. The standard InChI is InChI=1S/C17H32O2/c1-4-5-6-7-8-9-10-13-16(2)14-11-12-15-17(18)19-3/h14H,4-13,15H2,1-3H3/b16-14-. The van der Waals surface area contributed by atoms with E-state index >= 15 is 0 Å². The molecule has 0 rings (SSSR count). The molecule has 0 aromatic heterocycles. The molecule has 0 aliphatic carbocycles. The molecule has 0 N–H and O–H groups in total. The quantitative estimate of drug-likeness (QED) is 0.268. The molecule has 0 spiro atoms. The Kier molecular flexibility index (Phi) is 13.1. The van der Waals surface area contributed by atoms with Crippen LogP contribution in [-0.2, 0) is 9.53 Å². The summed E-state index contributed by atoms with van der Waals surface area (Å²) in [6, 6.07) is 0. The van der Waals surface area contributed by atoms with Gasteiger partial charge in [-0.3, -0.25) is 4.79 Å². The van der Waals surface area contributed by atoms with Crippen LogP contribution in [0.1, 0.15) is 84.5 Å². The minimum Gasteiger partial charge on any atom is -0.469 e. The van der Waals surface area contributed by atoms with Gasteiger partial charge in [-0.1, -0.05) is 57.1 Å². The van der Waals surface area contributed by atoms with Crippen molar-refractivity contribution >= 4 is 5.97 Å². The molecule has 0 saturated carbocycles. The summed E-state index contributed by atoms with van der Waals surface area (Å²) in [5.74, 6) is -0.0990. The number of unbranched alkanes of at least 4 members (excludes halogenated alkanes) is 7. The molecule has 2 heteroatoms. The lowest BCUT2D eigenvalue weighted by molar-refractivity contribution is -0.140. The zero-order chi connectivity index (χ0) is 14.3. The third kappa shape index (κ3) is 13.4. The first-order valence-electron chi connectivity index (χ1n) is 7.93. The molecule has 0 bridgehead atoms. The molecule has 2 nitrogen and oxygen atoms in total. The molecule has 0 heterocycles. The molecule has 0 radical (unpaired) electrons. The number of methoxy groups -OCH3 is 1.